The molecule has 1 aromatic carbocycles. The van der Waals surface area contributed by atoms with Crippen LogP contribution in [0.1, 0.15) is 0 Å². The van der Waals surface area contributed by atoms with Gasteiger partial charge in [-0.1, -0.05) is 6.07 Å². The lowest BCUT2D eigenvalue weighted by Crippen LogP contribution is -2.39. The van der Waals surface area contributed by atoms with Gasteiger partial charge in [0.2, 0.25) is 5.82 Å². The normalized spacial score (nSPS) is 14.8. The molecule has 0 saturated carbocycles. The monoisotopic (exact) mass is 361 g/mol. The molecule has 1 aliphatic heterocycles. The van der Waals surface area contributed by atoms with E-state index in [0.717, 1.165) is 19.6 Å². The minimum absolute atomic E-state index is 0.100. The second kappa shape index (κ2) is 8.54. The molecule has 1 aromatic heterocycles. The lowest BCUT2D eigenvalue weighted by molar-refractivity contribution is -0.384. The molecular formula is C17H20FN5O3. The molecule has 9 heteroatoms. The van der Waals surface area contributed by atoms with Crippen molar-refractivity contribution in [1.29, 1.82) is 0 Å². The third-order valence-electron chi connectivity index (χ3n) is 3.99. The number of halogens is 1. The van der Waals surface area contributed by atoms with Gasteiger partial charge in [-0.2, -0.15) is 0 Å². The predicted octanol–water partition coefficient (Wildman–Crippen LogP) is 2.62. The van der Waals surface area contributed by atoms with E-state index in [9.17, 15) is 14.5 Å². The van der Waals surface area contributed by atoms with E-state index in [1.165, 1.54) is 24.3 Å². The van der Waals surface area contributed by atoms with Gasteiger partial charge in [0.1, 0.15) is 11.6 Å². The van der Waals surface area contributed by atoms with Crippen LogP contribution in [-0.2, 0) is 4.74 Å². The Hall–Kier alpha value is -2.78. The molecule has 0 atom stereocenters. The predicted molar refractivity (Wildman–Crippen MR) is 96.3 cm³/mol. The number of hydrogen-bond acceptors (Lipinski definition) is 7. The zero-order chi connectivity index (χ0) is 18.4. The summed E-state index contributed by atoms with van der Waals surface area (Å²) in [5.41, 5.74) is 0.419. The Bertz CT molecular complexity index is 768. The van der Waals surface area contributed by atoms with Crippen molar-refractivity contribution in [2.75, 3.05) is 50.0 Å². The minimum atomic E-state index is -0.476. The number of ether oxygens (including phenoxy) is 1. The van der Waals surface area contributed by atoms with Crippen LogP contribution in [-0.4, -0.2) is 54.2 Å². The van der Waals surface area contributed by atoms with Gasteiger partial charge in [0.15, 0.2) is 0 Å². The van der Waals surface area contributed by atoms with Crippen molar-refractivity contribution < 1.29 is 14.1 Å². The van der Waals surface area contributed by atoms with E-state index in [1.54, 1.807) is 12.1 Å². The van der Waals surface area contributed by atoms with Gasteiger partial charge in [0.25, 0.3) is 0 Å². The van der Waals surface area contributed by atoms with Crippen LogP contribution in [0.5, 0.6) is 0 Å². The van der Waals surface area contributed by atoms with E-state index in [0.29, 0.717) is 31.3 Å². The maximum atomic E-state index is 13.3. The largest absolute Gasteiger partial charge is 0.379 e. The fourth-order valence-electron chi connectivity index (χ4n) is 2.67. The Morgan fingerprint density at radius 2 is 2.08 bits per heavy atom. The van der Waals surface area contributed by atoms with Gasteiger partial charge < -0.3 is 15.4 Å². The van der Waals surface area contributed by atoms with Gasteiger partial charge in [0, 0.05) is 37.9 Å². The first kappa shape index (κ1) is 18.0. The number of rotatable bonds is 7. The van der Waals surface area contributed by atoms with Crippen LogP contribution in [0.15, 0.2) is 36.4 Å². The molecule has 8 nitrogen and oxygen atoms in total. The molecule has 1 aliphatic rings. The van der Waals surface area contributed by atoms with E-state index < -0.39 is 4.92 Å². The van der Waals surface area contributed by atoms with Crippen molar-refractivity contribution in [3.8, 4) is 0 Å². The van der Waals surface area contributed by atoms with Crippen LogP contribution < -0.4 is 10.6 Å². The quantitative estimate of drug-likeness (QED) is 0.578. The van der Waals surface area contributed by atoms with Crippen molar-refractivity contribution in [2.45, 2.75) is 0 Å². The summed E-state index contributed by atoms with van der Waals surface area (Å²) in [6.45, 7) is 4.36. The highest BCUT2D eigenvalue weighted by molar-refractivity contribution is 5.64. The zero-order valence-corrected chi connectivity index (χ0v) is 14.2. The number of pyridine rings is 1. The summed E-state index contributed by atoms with van der Waals surface area (Å²) in [7, 11) is 0. The van der Waals surface area contributed by atoms with Crippen LogP contribution in [0.4, 0.5) is 27.4 Å². The van der Waals surface area contributed by atoms with E-state index >= 15 is 0 Å². The van der Waals surface area contributed by atoms with E-state index in [1.807, 2.05) is 0 Å². The summed E-state index contributed by atoms with van der Waals surface area (Å²) in [6.07, 6.45) is 0. The minimum Gasteiger partial charge on any atom is -0.379 e. The molecule has 2 heterocycles. The highest BCUT2D eigenvalue weighted by Crippen LogP contribution is 2.25. The fraction of sp³-hybridized carbons (Fsp3) is 0.353. The average Bonchev–Trinajstić information content (AvgIpc) is 2.63. The lowest BCUT2D eigenvalue weighted by Gasteiger charge is -2.26. The molecule has 0 unspecified atom stereocenters. The van der Waals surface area contributed by atoms with Crippen LogP contribution in [0, 0.1) is 15.9 Å². The Labute approximate surface area is 150 Å². The third kappa shape index (κ3) is 4.87. The molecular weight excluding hydrogens is 341 g/mol. The topological polar surface area (TPSA) is 92.6 Å². The number of anilines is 3. The number of nitrogens with one attached hydrogen (secondary N) is 2. The fourth-order valence-corrected chi connectivity index (χ4v) is 2.67. The number of nitrogens with zero attached hydrogens (tertiary/aromatic N) is 3. The molecule has 1 fully saturated rings. The van der Waals surface area contributed by atoms with E-state index in [2.05, 4.69) is 20.5 Å². The Morgan fingerprint density at radius 1 is 1.27 bits per heavy atom. The number of aromatic nitrogens is 1. The molecule has 2 aromatic rings. The van der Waals surface area contributed by atoms with Gasteiger partial charge >= 0.3 is 5.69 Å². The highest BCUT2D eigenvalue weighted by atomic mass is 19.1. The SMILES string of the molecule is O=[N+]([O-])c1ccc(Nc2cccc(F)c2)nc1NCCN1CCOCC1. The molecule has 138 valence electrons. The smallest absolute Gasteiger partial charge is 0.311 e. The molecule has 2 N–H and O–H groups in total. The average molecular weight is 361 g/mol. The molecule has 1 saturated heterocycles. The maximum Gasteiger partial charge on any atom is 0.311 e. The molecule has 3 rings (SSSR count). The lowest BCUT2D eigenvalue weighted by atomic mass is 10.3. The van der Waals surface area contributed by atoms with Crippen LogP contribution in [0.3, 0.4) is 0 Å². The Balaban J connectivity index is 1.68. The van der Waals surface area contributed by atoms with Crippen molar-refractivity contribution >= 4 is 23.0 Å². The Kier molecular flexibility index (Phi) is 5.92. The van der Waals surface area contributed by atoms with Crippen molar-refractivity contribution in [1.82, 2.24) is 9.88 Å². The molecule has 0 aliphatic carbocycles. The van der Waals surface area contributed by atoms with Crippen molar-refractivity contribution in [3.63, 3.8) is 0 Å². The van der Waals surface area contributed by atoms with Crippen LogP contribution in [0.2, 0.25) is 0 Å². The second-order valence-electron chi connectivity index (χ2n) is 5.84. The van der Waals surface area contributed by atoms with Crippen LogP contribution >= 0.6 is 0 Å². The van der Waals surface area contributed by atoms with E-state index in [-0.39, 0.29) is 17.3 Å². The van der Waals surface area contributed by atoms with Crippen molar-refractivity contribution in [2.24, 2.45) is 0 Å². The van der Waals surface area contributed by atoms with Gasteiger partial charge in [-0.05, 0) is 24.3 Å². The van der Waals surface area contributed by atoms with Gasteiger partial charge in [0.05, 0.1) is 18.1 Å². The number of morpholine rings is 1. The summed E-state index contributed by atoms with van der Waals surface area (Å²) in [4.78, 5) is 17.2. The molecule has 0 amide bonds. The van der Waals surface area contributed by atoms with Crippen LogP contribution in [0.25, 0.3) is 0 Å². The second-order valence-corrected chi connectivity index (χ2v) is 5.84. The number of benzene rings is 1. The first-order chi connectivity index (χ1) is 12.6. The Morgan fingerprint density at radius 3 is 2.81 bits per heavy atom. The summed E-state index contributed by atoms with van der Waals surface area (Å²) >= 11 is 0. The highest BCUT2D eigenvalue weighted by Gasteiger charge is 2.17. The summed E-state index contributed by atoms with van der Waals surface area (Å²) < 4.78 is 18.6. The number of hydrogen-bond donors (Lipinski definition) is 2. The molecule has 0 bridgehead atoms. The maximum absolute atomic E-state index is 13.3. The third-order valence-corrected chi connectivity index (χ3v) is 3.99. The molecule has 0 radical (unpaired) electrons. The van der Waals surface area contributed by atoms with Crippen molar-refractivity contribution in [3.05, 3.63) is 52.3 Å². The number of nitro groups is 1. The summed E-state index contributed by atoms with van der Waals surface area (Å²) in [5.74, 6) is 0.209. The zero-order valence-electron chi connectivity index (χ0n) is 14.2. The van der Waals surface area contributed by atoms with Gasteiger partial charge in [-0.3, -0.25) is 15.0 Å². The summed E-state index contributed by atoms with van der Waals surface area (Å²) in [6, 6.07) is 8.81. The first-order valence-corrected chi connectivity index (χ1v) is 8.34. The van der Waals surface area contributed by atoms with Gasteiger partial charge in [-0.15, -0.1) is 0 Å². The standard InChI is InChI=1S/C17H20FN5O3/c18-13-2-1-3-14(12-13)20-16-5-4-15(23(24)25)17(21-16)19-6-7-22-8-10-26-11-9-22/h1-5,12H,6-11H2,(H2,19,20,21). The first-order valence-electron chi connectivity index (χ1n) is 8.34. The van der Waals surface area contributed by atoms with E-state index in [4.69, 9.17) is 4.74 Å². The summed E-state index contributed by atoms with van der Waals surface area (Å²) in [5, 5.41) is 17.2. The molecule has 26 heavy (non-hydrogen) atoms. The van der Waals surface area contributed by atoms with Gasteiger partial charge in [-0.25, -0.2) is 9.37 Å². The molecule has 0 spiro atoms.